The molecule has 0 heterocycles. The molecular weight excluding hydrogens is 239 g/mol. The zero-order chi connectivity index (χ0) is 7.90. The van der Waals surface area contributed by atoms with Gasteiger partial charge in [-0.1, -0.05) is 19.3 Å². The van der Waals surface area contributed by atoms with Crippen molar-refractivity contribution in [2.75, 3.05) is 0 Å². The predicted octanol–water partition coefficient (Wildman–Crippen LogP) is 2.50. The molecule has 3 rings (SSSR count). The number of fused-ring (bicyclic) bond motifs is 3. The second-order valence-corrected chi connectivity index (χ2v) is 4.09. The number of hydrogen-bond donors (Lipinski definition) is 0. The third-order valence-electron chi connectivity index (χ3n) is 3.62. The molecule has 0 amide bonds. The molecule has 71 valence electrons. The van der Waals surface area contributed by atoms with Crippen LogP contribution in [0.1, 0.15) is 45.4 Å². The minimum absolute atomic E-state index is 0. The van der Waals surface area contributed by atoms with Crippen LogP contribution >= 0.6 is 0 Å². The van der Waals surface area contributed by atoms with E-state index in [4.69, 9.17) is 0 Å². The standard InChI is InChI=1S/C10H15O.Rh/c1-8(11)10-5-2-9(3-6-10)4-7-10;/h2-7H2,1H3;/q-1;. The van der Waals surface area contributed by atoms with Gasteiger partial charge in [-0.05, 0) is 6.92 Å². The Labute approximate surface area is 87.1 Å². The first kappa shape index (κ1) is 10.4. The van der Waals surface area contributed by atoms with Gasteiger partial charge in [0.25, 0.3) is 0 Å². The van der Waals surface area contributed by atoms with Crippen molar-refractivity contribution in [3.63, 3.8) is 0 Å². The summed E-state index contributed by atoms with van der Waals surface area (Å²) < 4.78 is 0. The SMILES string of the molecule is CC(=O)C12CC[C-](CC1)CC2.[Rh]. The topological polar surface area (TPSA) is 17.1 Å². The van der Waals surface area contributed by atoms with Crippen molar-refractivity contribution >= 4 is 5.78 Å². The fraction of sp³-hybridized carbons (Fsp3) is 0.800. The second-order valence-electron chi connectivity index (χ2n) is 4.09. The van der Waals surface area contributed by atoms with Crippen LogP contribution in [0.15, 0.2) is 0 Å². The van der Waals surface area contributed by atoms with Gasteiger partial charge in [-0.3, -0.25) is 4.79 Å². The summed E-state index contributed by atoms with van der Waals surface area (Å²) in [6, 6.07) is 0. The molecule has 3 saturated carbocycles. The smallest absolute Gasteiger partial charge is 0.135 e. The summed E-state index contributed by atoms with van der Waals surface area (Å²) in [5.74, 6) is 2.16. The zero-order valence-corrected chi connectivity index (χ0v) is 9.12. The number of hydrogen-bond acceptors (Lipinski definition) is 1. The van der Waals surface area contributed by atoms with E-state index < -0.39 is 0 Å². The van der Waals surface area contributed by atoms with Crippen molar-refractivity contribution in [2.24, 2.45) is 5.41 Å². The Kier molecular flexibility index (Phi) is 3.09. The van der Waals surface area contributed by atoms with E-state index in [-0.39, 0.29) is 24.9 Å². The molecule has 3 aliphatic rings. The molecule has 0 unspecified atom stereocenters. The van der Waals surface area contributed by atoms with Crippen LogP contribution in [-0.2, 0) is 24.3 Å². The molecule has 3 fully saturated rings. The van der Waals surface area contributed by atoms with Crippen molar-refractivity contribution in [3.05, 3.63) is 5.92 Å². The Morgan fingerprint density at radius 1 is 1.17 bits per heavy atom. The second kappa shape index (κ2) is 3.58. The number of carbonyl (C=O) groups excluding carboxylic acids is 1. The molecule has 0 saturated heterocycles. The minimum Gasteiger partial charge on any atom is -0.314 e. The summed E-state index contributed by atoms with van der Waals surface area (Å²) in [4.78, 5) is 11.4. The summed E-state index contributed by atoms with van der Waals surface area (Å²) >= 11 is 0. The summed E-state index contributed by atoms with van der Waals surface area (Å²) in [6.45, 7) is 1.77. The first-order valence-corrected chi connectivity index (χ1v) is 4.58. The van der Waals surface area contributed by atoms with Crippen molar-refractivity contribution in [1.82, 2.24) is 0 Å². The Morgan fingerprint density at radius 2 is 1.58 bits per heavy atom. The predicted molar refractivity (Wildman–Crippen MR) is 44.1 cm³/mol. The van der Waals surface area contributed by atoms with Crippen molar-refractivity contribution in [2.45, 2.75) is 45.4 Å². The average Bonchev–Trinajstić information content (AvgIpc) is 2.08. The van der Waals surface area contributed by atoms with Crippen LogP contribution in [0.25, 0.3) is 0 Å². The zero-order valence-electron chi connectivity index (χ0n) is 7.48. The van der Waals surface area contributed by atoms with Gasteiger partial charge < -0.3 is 5.92 Å². The van der Waals surface area contributed by atoms with E-state index in [1.165, 1.54) is 19.3 Å². The van der Waals surface area contributed by atoms with Gasteiger partial charge in [0.2, 0.25) is 0 Å². The Bertz CT molecular complexity index is 167. The van der Waals surface area contributed by atoms with Gasteiger partial charge in [0.15, 0.2) is 0 Å². The van der Waals surface area contributed by atoms with Crippen LogP contribution in [0.5, 0.6) is 0 Å². The molecular formula is C10H15ORh-. The molecule has 2 bridgehead atoms. The van der Waals surface area contributed by atoms with Gasteiger partial charge in [-0.15, -0.1) is 0 Å². The Balaban J connectivity index is 0.000000720. The molecule has 0 spiro atoms. The third kappa shape index (κ3) is 1.51. The molecule has 12 heavy (non-hydrogen) atoms. The Hall–Kier alpha value is 0.293. The van der Waals surface area contributed by atoms with E-state index >= 15 is 0 Å². The van der Waals surface area contributed by atoms with Crippen molar-refractivity contribution < 1.29 is 24.3 Å². The van der Waals surface area contributed by atoms with E-state index in [1.54, 1.807) is 12.8 Å². The van der Waals surface area contributed by atoms with Crippen LogP contribution in [0, 0.1) is 11.3 Å². The van der Waals surface area contributed by atoms with Gasteiger partial charge in [-0.2, -0.15) is 19.3 Å². The molecule has 2 heteroatoms. The van der Waals surface area contributed by atoms with Gasteiger partial charge in [0.05, 0.1) is 0 Å². The van der Waals surface area contributed by atoms with E-state index in [1.807, 2.05) is 0 Å². The maximum atomic E-state index is 11.4. The Morgan fingerprint density at radius 3 is 1.83 bits per heavy atom. The number of Topliss-reactive ketones (excluding diaryl/α,β-unsaturated/α-hetero) is 1. The average molecular weight is 254 g/mol. The van der Waals surface area contributed by atoms with Crippen molar-refractivity contribution in [3.8, 4) is 0 Å². The third-order valence-corrected chi connectivity index (χ3v) is 3.62. The fourth-order valence-corrected chi connectivity index (χ4v) is 2.53. The van der Waals surface area contributed by atoms with E-state index in [9.17, 15) is 4.79 Å². The summed E-state index contributed by atoms with van der Waals surface area (Å²) in [6.07, 6.45) is 7.16. The summed E-state index contributed by atoms with van der Waals surface area (Å²) in [5, 5.41) is 0. The van der Waals surface area contributed by atoms with Gasteiger partial charge >= 0.3 is 0 Å². The number of rotatable bonds is 1. The van der Waals surface area contributed by atoms with Gasteiger partial charge in [-0.25, -0.2) is 0 Å². The van der Waals surface area contributed by atoms with Crippen molar-refractivity contribution in [1.29, 1.82) is 0 Å². The molecule has 0 aromatic heterocycles. The minimum atomic E-state index is 0. The molecule has 3 aliphatic carbocycles. The maximum Gasteiger partial charge on any atom is 0.135 e. The molecule has 0 aliphatic heterocycles. The van der Waals surface area contributed by atoms with Crippen LogP contribution in [0.4, 0.5) is 0 Å². The fourth-order valence-electron chi connectivity index (χ4n) is 2.53. The van der Waals surface area contributed by atoms with E-state index in [0.29, 0.717) is 5.78 Å². The monoisotopic (exact) mass is 254 g/mol. The van der Waals surface area contributed by atoms with E-state index in [2.05, 4.69) is 0 Å². The molecule has 0 atom stereocenters. The molecule has 0 aromatic carbocycles. The van der Waals surface area contributed by atoms with Crippen LogP contribution in [0.3, 0.4) is 0 Å². The molecule has 1 nitrogen and oxygen atoms in total. The van der Waals surface area contributed by atoms with Crippen LogP contribution in [-0.4, -0.2) is 5.78 Å². The van der Waals surface area contributed by atoms with Crippen LogP contribution in [0.2, 0.25) is 0 Å². The quantitative estimate of drug-likeness (QED) is 0.519. The number of ketones is 1. The molecule has 0 N–H and O–H groups in total. The largest absolute Gasteiger partial charge is 0.314 e. The summed E-state index contributed by atoms with van der Waals surface area (Å²) in [7, 11) is 0. The molecule has 1 radical (unpaired) electrons. The van der Waals surface area contributed by atoms with E-state index in [0.717, 1.165) is 19.3 Å². The first-order valence-electron chi connectivity index (χ1n) is 4.58. The molecule has 0 aromatic rings. The normalized spacial score (nSPS) is 26.4. The van der Waals surface area contributed by atoms with Crippen LogP contribution < -0.4 is 0 Å². The maximum absolute atomic E-state index is 11.4. The van der Waals surface area contributed by atoms with Gasteiger partial charge in [0.1, 0.15) is 5.78 Å². The number of carbonyl (C=O) groups is 1. The first-order chi connectivity index (χ1) is 5.23. The summed E-state index contributed by atoms with van der Waals surface area (Å²) in [5.41, 5.74) is 0.127. The van der Waals surface area contributed by atoms with Gasteiger partial charge in [0, 0.05) is 24.9 Å².